The SMILES string of the molecule is CCOC(=O)c1c(N=Cc2cc(Cl)cc(Cl)c2[O-])sc2c1CC[NH+](C)C2. The number of rotatable bonds is 4. The largest absolute Gasteiger partial charge is 0.871 e. The Morgan fingerprint density at radius 3 is 2.96 bits per heavy atom. The quantitative estimate of drug-likeness (QED) is 0.619. The number of hydrogen-bond acceptors (Lipinski definition) is 5. The summed E-state index contributed by atoms with van der Waals surface area (Å²) in [6, 6.07) is 2.91. The van der Waals surface area contributed by atoms with Crippen molar-refractivity contribution in [2.75, 3.05) is 20.2 Å². The van der Waals surface area contributed by atoms with Gasteiger partial charge in [0.1, 0.15) is 17.1 Å². The van der Waals surface area contributed by atoms with Crippen molar-refractivity contribution < 1.29 is 19.5 Å². The molecule has 1 aromatic carbocycles. The van der Waals surface area contributed by atoms with E-state index in [2.05, 4.69) is 12.0 Å². The molecule has 0 fully saturated rings. The number of carbonyl (C=O) groups is 1. The number of benzene rings is 1. The maximum atomic E-state index is 12.5. The Balaban J connectivity index is 2.03. The molecule has 0 bridgehead atoms. The van der Waals surface area contributed by atoms with Crippen molar-refractivity contribution in [1.29, 1.82) is 0 Å². The van der Waals surface area contributed by atoms with Gasteiger partial charge in [-0.1, -0.05) is 29.0 Å². The number of thiophene rings is 1. The Labute approximate surface area is 165 Å². The predicted octanol–water partition coefficient (Wildman–Crippen LogP) is 2.63. The van der Waals surface area contributed by atoms with Crippen molar-refractivity contribution in [3.63, 3.8) is 0 Å². The first kappa shape index (κ1) is 19.2. The minimum atomic E-state index is -0.372. The van der Waals surface area contributed by atoms with Crippen molar-refractivity contribution in [3.05, 3.63) is 43.7 Å². The molecule has 0 spiro atoms. The summed E-state index contributed by atoms with van der Waals surface area (Å²) in [5.41, 5.74) is 1.81. The fourth-order valence-corrected chi connectivity index (χ4v) is 4.72. The van der Waals surface area contributed by atoms with E-state index in [1.807, 2.05) is 0 Å². The van der Waals surface area contributed by atoms with Crippen LogP contribution in [0.3, 0.4) is 0 Å². The van der Waals surface area contributed by atoms with Crippen molar-refractivity contribution in [3.8, 4) is 5.75 Å². The van der Waals surface area contributed by atoms with E-state index in [4.69, 9.17) is 27.9 Å². The van der Waals surface area contributed by atoms with Crippen LogP contribution in [0.2, 0.25) is 10.0 Å². The number of likely N-dealkylation sites (N-methyl/N-ethyl adjacent to an activating group) is 1. The second kappa shape index (κ2) is 7.96. The van der Waals surface area contributed by atoms with E-state index in [0.29, 0.717) is 22.2 Å². The Hall–Kier alpha value is -1.60. The number of quaternary nitrogens is 1. The second-order valence-electron chi connectivity index (χ2n) is 6.10. The van der Waals surface area contributed by atoms with Crippen molar-refractivity contribution >= 4 is 51.7 Å². The molecule has 5 nitrogen and oxygen atoms in total. The van der Waals surface area contributed by atoms with E-state index >= 15 is 0 Å². The lowest BCUT2D eigenvalue weighted by atomic mass is 10.0. The lowest BCUT2D eigenvalue weighted by Gasteiger charge is -2.19. The van der Waals surface area contributed by atoms with Gasteiger partial charge in [0.05, 0.1) is 25.1 Å². The van der Waals surface area contributed by atoms with Gasteiger partial charge < -0.3 is 14.7 Å². The summed E-state index contributed by atoms with van der Waals surface area (Å²) in [5, 5.41) is 13.1. The monoisotopic (exact) mass is 412 g/mol. The molecule has 138 valence electrons. The molecule has 0 saturated heterocycles. The van der Waals surface area contributed by atoms with E-state index in [9.17, 15) is 9.90 Å². The molecule has 2 aromatic rings. The summed E-state index contributed by atoms with van der Waals surface area (Å²) in [5.74, 6) is -0.717. The van der Waals surface area contributed by atoms with Crippen LogP contribution in [0.5, 0.6) is 5.75 Å². The number of esters is 1. The molecule has 26 heavy (non-hydrogen) atoms. The minimum absolute atomic E-state index is 0.0419. The topological polar surface area (TPSA) is 66.2 Å². The molecule has 1 aromatic heterocycles. The van der Waals surface area contributed by atoms with E-state index in [1.165, 1.54) is 34.6 Å². The zero-order valence-electron chi connectivity index (χ0n) is 14.4. The maximum absolute atomic E-state index is 12.5. The maximum Gasteiger partial charge on any atom is 0.341 e. The third-order valence-corrected chi connectivity index (χ3v) is 5.81. The Morgan fingerprint density at radius 1 is 1.46 bits per heavy atom. The van der Waals surface area contributed by atoms with Gasteiger partial charge in [0.2, 0.25) is 0 Å². The predicted molar refractivity (Wildman–Crippen MR) is 103 cm³/mol. The average molecular weight is 413 g/mol. The molecule has 0 saturated carbocycles. The number of nitrogens with zero attached hydrogens (tertiary/aromatic N) is 1. The average Bonchev–Trinajstić information content (AvgIpc) is 2.94. The smallest absolute Gasteiger partial charge is 0.341 e. The van der Waals surface area contributed by atoms with E-state index in [0.717, 1.165) is 30.0 Å². The number of halogens is 2. The zero-order chi connectivity index (χ0) is 18.8. The van der Waals surface area contributed by atoms with E-state index < -0.39 is 0 Å². The molecule has 0 radical (unpaired) electrons. The highest BCUT2D eigenvalue weighted by molar-refractivity contribution is 7.16. The zero-order valence-corrected chi connectivity index (χ0v) is 16.7. The van der Waals surface area contributed by atoms with Crippen LogP contribution >= 0.6 is 34.5 Å². The highest BCUT2D eigenvalue weighted by Crippen LogP contribution is 2.37. The van der Waals surface area contributed by atoms with Crippen molar-refractivity contribution in [1.82, 2.24) is 0 Å². The highest BCUT2D eigenvalue weighted by Gasteiger charge is 2.29. The lowest BCUT2D eigenvalue weighted by molar-refractivity contribution is -0.895. The Morgan fingerprint density at radius 2 is 2.23 bits per heavy atom. The molecule has 1 atom stereocenters. The van der Waals surface area contributed by atoms with E-state index in [-0.39, 0.29) is 22.3 Å². The van der Waals surface area contributed by atoms with Gasteiger partial charge in [-0.3, -0.25) is 0 Å². The van der Waals surface area contributed by atoms with E-state index in [1.54, 1.807) is 6.92 Å². The summed E-state index contributed by atoms with van der Waals surface area (Å²) in [6.45, 7) is 3.87. The summed E-state index contributed by atoms with van der Waals surface area (Å²) < 4.78 is 5.22. The normalized spacial score (nSPS) is 16.7. The third kappa shape index (κ3) is 3.88. The van der Waals surface area contributed by atoms with Gasteiger partial charge in [-0.15, -0.1) is 11.3 Å². The van der Waals surface area contributed by atoms with Crippen LogP contribution in [0.25, 0.3) is 0 Å². The summed E-state index contributed by atoms with van der Waals surface area (Å²) >= 11 is 13.3. The van der Waals surface area contributed by atoms with Gasteiger partial charge in [0.15, 0.2) is 0 Å². The first-order valence-corrected chi connectivity index (χ1v) is 9.81. The molecule has 1 unspecified atom stereocenters. The lowest BCUT2D eigenvalue weighted by Crippen LogP contribution is -3.08. The van der Waals surface area contributed by atoms with Gasteiger partial charge in [-0.2, -0.15) is 0 Å². The van der Waals surface area contributed by atoms with Crippen molar-refractivity contribution in [2.45, 2.75) is 19.9 Å². The molecule has 0 amide bonds. The number of hydrogen-bond donors (Lipinski definition) is 1. The molecule has 8 heteroatoms. The molecule has 2 heterocycles. The van der Waals surface area contributed by atoms with Crippen LogP contribution in [0.1, 0.15) is 33.3 Å². The molecule has 1 N–H and O–H groups in total. The Kier molecular flexibility index (Phi) is 5.87. The van der Waals surface area contributed by atoms with Crippen molar-refractivity contribution in [2.24, 2.45) is 4.99 Å². The molecular weight excluding hydrogens is 395 g/mol. The third-order valence-electron chi connectivity index (χ3n) is 4.17. The van der Waals surface area contributed by atoms with Crippen LogP contribution in [0.4, 0.5) is 5.00 Å². The number of fused-ring (bicyclic) bond motifs is 1. The van der Waals surface area contributed by atoms with Gasteiger partial charge >= 0.3 is 5.97 Å². The van der Waals surface area contributed by atoms with Crippen LogP contribution in [-0.2, 0) is 17.7 Å². The summed E-state index contributed by atoms with van der Waals surface area (Å²) in [4.78, 5) is 19.4. The van der Waals surface area contributed by atoms with Gasteiger partial charge in [-0.25, -0.2) is 9.79 Å². The van der Waals surface area contributed by atoms with Gasteiger partial charge in [0, 0.05) is 22.7 Å². The standard InChI is InChI=1S/C18H18Cl2N2O3S/c1-3-25-18(24)15-12-4-5-22(2)9-14(12)26-17(15)21-8-10-6-11(19)7-13(20)16(10)23/h6-8,23H,3-5,9H2,1-2H3. The van der Waals surface area contributed by atoms with Crippen LogP contribution in [0.15, 0.2) is 17.1 Å². The molecule has 3 rings (SSSR count). The second-order valence-corrected chi connectivity index (χ2v) is 8.03. The number of nitrogens with one attached hydrogen (secondary N) is 1. The molecule has 0 aliphatic carbocycles. The minimum Gasteiger partial charge on any atom is -0.871 e. The number of ether oxygens (including phenoxy) is 1. The highest BCUT2D eigenvalue weighted by atomic mass is 35.5. The van der Waals surface area contributed by atoms with Crippen LogP contribution in [-0.4, -0.2) is 32.4 Å². The van der Waals surface area contributed by atoms with Crippen LogP contribution < -0.4 is 10.0 Å². The summed E-state index contributed by atoms with van der Waals surface area (Å²) in [6.07, 6.45) is 2.22. The first-order chi connectivity index (χ1) is 12.4. The first-order valence-electron chi connectivity index (χ1n) is 8.23. The molecular formula is C18H18Cl2N2O3S. The fourth-order valence-electron chi connectivity index (χ4n) is 2.91. The van der Waals surface area contributed by atoms with Gasteiger partial charge in [0.25, 0.3) is 0 Å². The van der Waals surface area contributed by atoms with Crippen LogP contribution in [0, 0.1) is 0 Å². The summed E-state index contributed by atoms with van der Waals surface area (Å²) in [7, 11) is 2.12. The number of carbonyl (C=O) groups excluding carboxylic acids is 1. The fraction of sp³-hybridized carbons (Fsp3) is 0.333. The van der Waals surface area contributed by atoms with Gasteiger partial charge in [-0.05, 0) is 30.2 Å². The molecule has 1 aliphatic heterocycles. The Bertz CT molecular complexity index is 880. The number of aliphatic imine (C=N–C) groups is 1. The molecule has 1 aliphatic rings.